The van der Waals surface area contributed by atoms with Crippen LogP contribution in [-0.4, -0.2) is 15.6 Å². The van der Waals surface area contributed by atoms with E-state index in [0.29, 0.717) is 5.76 Å². The van der Waals surface area contributed by atoms with Crippen molar-refractivity contribution >= 4 is 17.8 Å². The minimum atomic E-state index is -0.520. The fourth-order valence-electron chi connectivity index (χ4n) is 3.12. The van der Waals surface area contributed by atoms with Crippen LogP contribution in [0.15, 0.2) is 46.5 Å². The molecule has 3 aromatic rings. The van der Waals surface area contributed by atoms with Crippen LogP contribution < -0.4 is 5.32 Å². The molecular weight excluding hydrogens is 352 g/mol. The third-order valence-electron chi connectivity index (χ3n) is 4.61. The van der Waals surface area contributed by atoms with E-state index >= 15 is 0 Å². The van der Waals surface area contributed by atoms with Gasteiger partial charge in [0, 0.05) is 23.1 Å². The van der Waals surface area contributed by atoms with Gasteiger partial charge in [-0.15, -0.1) is 0 Å². The van der Waals surface area contributed by atoms with Crippen LogP contribution in [-0.2, 0) is 11.2 Å². The van der Waals surface area contributed by atoms with Gasteiger partial charge < -0.3 is 14.4 Å². The molecule has 0 aliphatic heterocycles. The normalized spacial score (nSPS) is 11.3. The summed E-state index contributed by atoms with van der Waals surface area (Å²) in [5, 5.41) is 15.8. The van der Waals surface area contributed by atoms with Gasteiger partial charge in [-0.05, 0) is 62.6 Å². The van der Waals surface area contributed by atoms with Gasteiger partial charge in [0.25, 0.3) is 5.91 Å². The maximum atomic E-state index is 12.4. The first-order valence-corrected chi connectivity index (χ1v) is 9.07. The van der Waals surface area contributed by atoms with Crippen LogP contribution in [0.25, 0.3) is 11.8 Å². The number of aryl methyl sites for hydroxylation is 3. The molecule has 0 radical (unpaired) electrons. The number of aromatic nitrogens is 2. The first-order chi connectivity index (χ1) is 13.4. The number of amides is 1. The second-order valence-corrected chi connectivity index (χ2v) is 6.63. The smallest absolute Gasteiger partial charge is 0.267 e. The predicted molar refractivity (Wildman–Crippen MR) is 108 cm³/mol. The highest BCUT2D eigenvalue weighted by molar-refractivity contribution is 6.09. The van der Waals surface area contributed by atoms with E-state index in [1.165, 1.54) is 5.56 Å². The number of nitrogens with one attached hydrogen (secondary N) is 1. The molecule has 6 nitrogen and oxygen atoms in total. The van der Waals surface area contributed by atoms with Gasteiger partial charge in [-0.2, -0.15) is 5.26 Å². The van der Waals surface area contributed by atoms with Crippen molar-refractivity contribution in [3.8, 4) is 11.8 Å². The molecule has 2 heterocycles. The number of rotatable bonds is 5. The molecule has 0 bridgehead atoms. The van der Waals surface area contributed by atoms with E-state index in [-0.39, 0.29) is 11.4 Å². The van der Waals surface area contributed by atoms with Gasteiger partial charge in [0.1, 0.15) is 17.4 Å². The topological polar surface area (TPSA) is 83.9 Å². The molecule has 0 atom stereocenters. The first kappa shape index (κ1) is 19.2. The Kier molecular flexibility index (Phi) is 5.46. The highest BCUT2D eigenvalue weighted by atomic mass is 16.5. The molecular formula is C22H22N4O2. The lowest BCUT2D eigenvalue weighted by atomic mass is 10.1. The quantitative estimate of drug-likeness (QED) is 0.526. The van der Waals surface area contributed by atoms with Crippen molar-refractivity contribution in [2.45, 2.75) is 34.1 Å². The predicted octanol–water partition coefficient (Wildman–Crippen LogP) is 4.50. The zero-order valence-corrected chi connectivity index (χ0v) is 16.4. The summed E-state index contributed by atoms with van der Waals surface area (Å²) in [7, 11) is 0. The number of carbonyl (C=O) groups is 1. The number of anilines is 1. The summed E-state index contributed by atoms with van der Waals surface area (Å²) in [6.07, 6.45) is 2.59. The van der Waals surface area contributed by atoms with Gasteiger partial charge >= 0.3 is 0 Å². The Morgan fingerprint density at radius 2 is 1.96 bits per heavy atom. The Balaban J connectivity index is 1.91. The Morgan fingerprint density at radius 1 is 1.25 bits per heavy atom. The van der Waals surface area contributed by atoms with Gasteiger partial charge in [-0.3, -0.25) is 4.79 Å². The van der Waals surface area contributed by atoms with E-state index in [4.69, 9.17) is 4.52 Å². The Bertz CT molecular complexity index is 1080. The van der Waals surface area contributed by atoms with Gasteiger partial charge in [0.2, 0.25) is 0 Å². The molecule has 0 saturated carbocycles. The van der Waals surface area contributed by atoms with E-state index < -0.39 is 5.91 Å². The van der Waals surface area contributed by atoms with Crippen molar-refractivity contribution in [2.24, 2.45) is 0 Å². The van der Waals surface area contributed by atoms with Crippen LogP contribution in [0.4, 0.5) is 5.82 Å². The van der Waals surface area contributed by atoms with Gasteiger partial charge in [-0.25, -0.2) is 0 Å². The molecule has 142 valence electrons. The van der Waals surface area contributed by atoms with Gasteiger partial charge in [0.05, 0.1) is 0 Å². The second-order valence-electron chi connectivity index (χ2n) is 6.63. The van der Waals surface area contributed by atoms with Crippen molar-refractivity contribution in [3.05, 3.63) is 70.2 Å². The van der Waals surface area contributed by atoms with Crippen molar-refractivity contribution in [3.63, 3.8) is 0 Å². The van der Waals surface area contributed by atoms with Crippen LogP contribution in [0.3, 0.4) is 0 Å². The second kappa shape index (κ2) is 7.97. The Hall–Kier alpha value is -3.59. The number of benzene rings is 1. The number of nitriles is 1. The van der Waals surface area contributed by atoms with Crippen LogP contribution in [0.5, 0.6) is 0 Å². The Labute approximate surface area is 164 Å². The van der Waals surface area contributed by atoms with Crippen LogP contribution in [0.1, 0.15) is 35.2 Å². The van der Waals surface area contributed by atoms with Crippen LogP contribution in [0.2, 0.25) is 0 Å². The molecule has 0 fully saturated rings. The standard InChI is InChI=1S/C22H22N4O2/c1-5-17-6-8-20(9-7-17)26-14(2)10-18(16(26)4)12-19(13-23)22(27)24-21-11-15(3)28-25-21/h6-12H,5H2,1-4H3,(H,24,25,27). The molecule has 0 unspecified atom stereocenters. The summed E-state index contributed by atoms with van der Waals surface area (Å²) in [6, 6.07) is 13.9. The van der Waals surface area contributed by atoms with Gasteiger partial charge in [0.15, 0.2) is 5.82 Å². The maximum Gasteiger partial charge on any atom is 0.267 e. The van der Waals surface area contributed by atoms with Crippen LogP contribution >= 0.6 is 0 Å². The summed E-state index contributed by atoms with van der Waals surface area (Å²) in [5.74, 6) is 0.341. The summed E-state index contributed by atoms with van der Waals surface area (Å²) in [4.78, 5) is 12.4. The lowest BCUT2D eigenvalue weighted by Gasteiger charge is -2.10. The number of carbonyl (C=O) groups excluding carboxylic acids is 1. The largest absolute Gasteiger partial charge is 0.360 e. The van der Waals surface area contributed by atoms with Crippen molar-refractivity contribution in [1.29, 1.82) is 5.26 Å². The molecule has 0 saturated heterocycles. The van der Waals surface area contributed by atoms with E-state index in [1.807, 2.05) is 26.0 Å². The molecule has 1 aromatic carbocycles. The molecule has 0 aliphatic carbocycles. The average Bonchev–Trinajstić information content (AvgIpc) is 3.21. The number of hydrogen-bond donors (Lipinski definition) is 1. The summed E-state index contributed by atoms with van der Waals surface area (Å²) in [5.41, 5.74) is 5.13. The van der Waals surface area contributed by atoms with Gasteiger partial charge in [-0.1, -0.05) is 24.2 Å². The third kappa shape index (κ3) is 3.89. The fraction of sp³-hybridized carbons (Fsp3) is 0.227. The summed E-state index contributed by atoms with van der Waals surface area (Å²) < 4.78 is 7.04. The fourth-order valence-corrected chi connectivity index (χ4v) is 3.12. The first-order valence-electron chi connectivity index (χ1n) is 9.07. The summed E-state index contributed by atoms with van der Waals surface area (Å²) >= 11 is 0. The molecule has 0 spiro atoms. The molecule has 2 aromatic heterocycles. The van der Waals surface area contributed by atoms with Crippen molar-refractivity contribution in [1.82, 2.24) is 9.72 Å². The third-order valence-corrected chi connectivity index (χ3v) is 4.61. The SMILES string of the molecule is CCc1ccc(-n2c(C)cc(C=C(C#N)C(=O)Nc3cc(C)on3)c2C)cc1. The molecule has 1 amide bonds. The average molecular weight is 374 g/mol. The van der Waals surface area contributed by atoms with E-state index in [2.05, 4.69) is 46.2 Å². The zero-order chi connectivity index (χ0) is 20.3. The lowest BCUT2D eigenvalue weighted by Crippen LogP contribution is -2.13. The molecule has 0 aliphatic rings. The highest BCUT2D eigenvalue weighted by Crippen LogP contribution is 2.23. The molecule has 3 rings (SSSR count). The van der Waals surface area contributed by atoms with Crippen molar-refractivity contribution in [2.75, 3.05) is 5.32 Å². The maximum absolute atomic E-state index is 12.4. The zero-order valence-electron chi connectivity index (χ0n) is 16.4. The number of nitrogens with zero attached hydrogens (tertiary/aromatic N) is 3. The minimum Gasteiger partial charge on any atom is -0.360 e. The highest BCUT2D eigenvalue weighted by Gasteiger charge is 2.15. The van der Waals surface area contributed by atoms with Crippen LogP contribution in [0, 0.1) is 32.1 Å². The molecule has 1 N–H and O–H groups in total. The molecule has 6 heteroatoms. The van der Waals surface area contributed by atoms with E-state index in [1.54, 1.807) is 19.1 Å². The van der Waals surface area contributed by atoms with Crippen molar-refractivity contribution < 1.29 is 9.32 Å². The van der Waals surface area contributed by atoms with E-state index in [9.17, 15) is 10.1 Å². The minimum absolute atomic E-state index is 0.00207. The summed E-state index contributed by atoms with van der Waals surface area (Å²) in [6.45, 7) is 7.83. The molecule has 28 heavy (non-hydrogen) atoms. The lowest BCUT2D eigenvalue weighted by molar-refractivity contribution is -0.112. The number of hydrogen-bond acceptors (Lipinski definition) is 4. The Morgan fingerprint density at radius 3 is 2.54 bits per heavy atom. The van der Waals surface area contributed by atoms with E-state index in [0.717, 1.165) is 29.1 Å². The monoisotopic (exact) mass is 374 g/mol.